The highest BCUT2D eigenvalue weighted by Crippen LogP contribution is 2.26. The highest BCUT2D eigenvalue weighted by molar-refractivity contribution is 5.76. The molecule has 0 N–H and O–H groups in total. The fourth-order valence-corrected chi connectivity index (χ4v) is 3.67. The summed E-state index contributed by atoms with van der Waals surface area (Å²) < 4.78 is 5.78. The van der Waals surface area contributed by atoms with Gasteiger partial charge in [-0.05, 0) is 83.3 Å². The Kier molecular flexibility index (Phi) is 15.4. The van der Waals surface area contributed by atoms with Crippen molar-refractivity contribution >= 4 is 5.97 Å². The van der Waals surface area contributed by atoms with Gasteiger partial charge in [0.05, 0.1) is 5.92 Å². The molecule has 0 bridgehead atoms. The predicted molar refractivity (Wildman–Crippen MR) is 144 cm³/mol. The van der Waals surface area contributed by atoms with E-state index in [1.54, 1.807) is 0 Å². The first-order valence-corrected chi connectivity index (χ1v) is 12.5. The number of aryl methyl sites for hydroxylation is 3. The van der Waals surface area contributed by atoms with Crippen molar-refractivity contribution in [2.45, 2.75) is 86.0 Å². The van der Waals surface area contributed by atoms with Gasteiger partial charge in [-0.3, -0.25) is 4.79 Å². The highest BCUT2D eigenvalue weighted by atomic mass is 16.5. The summed E-state index contributed by atoms with van der Waals surface area (Å²) in [5.74, 6) is 0.547. The Balaban J connectivity index is 2.26. The van der Waals surface area contributed by atoms with Crippen LogP contribution >= 0.6 is 0 Å². The summed E-state index contributed by atoms with van der Waals surface area (Å²) in [5.41, 5.74) is 3.23. The molecular weight excluding hydrogens is 404 g/mol. The molecule has 0 aliphatic heterocycles. The van der Waals surface area contributed by atoms with E-state index in [2.05, 4.69) is 93.7 Å². The lowest BCUT2D eigenvalue weighted by Gasteiger charge is -2.16. The molecule has 2 nitrogen and oxygen atoms in total. The van der Waals surface area contributed by atoms with Gasteiger partial charge in [0.2, 0.25) is 0 Å². The monoisotopic (exact) mass is 448 g/mol. The number of hydrogen-bond acceptors (Lipinski definition) is 2. The first-order valence-electron chi connectivity index (χ1n) is 12.5. The second-order valence-corrected chi connectivity index (χ2v) is 8.54. The third-order valence-corrected chi connectivity index (χ3v) is 5.47. The normalized spacial score (nSPS) is 13.4. The Labute approximate surface area is 202 Å². The number of allylic oxidation sites excluding steroid dienone is 10. The van der Waals surface area contributed by atoms with Crippen molar-refractivity contribution < 1.29 is 9.53 Å². The van der Waals surface area contributed by atoms with Crippen molar-refractivity contribution in [3.8, 4) is 5.75 Å². The molecule has 0 saturated carbocycles. The maximum atomic E-state index is 12.7. The fraction of sp³-hybridized carbons (Fsp3) is 0.452. The van der Waals surface area contributed by atoms with Crippen LogP contribution in [0.2, 0.25) is 0 Å². The van der Waals surface area contributed by atoms with Crippen molar-refractivity contribution in [1.29, 1.82) is 0 Å². The number of esters is 1. The number of carbonyl (C=O) groups excluding carboxylic acids is 1. The van der Waals surface area contributed by atoms with E-state index < -0.39 is 0 Å². The molecule has 1 aromatic carbocycles. The van der Waals surface area contributed by atoms with Gasteiger partial charge < -0.3 is 4.74 Å². The standard InChI is InChI=1S/C31H44O2/c1-6-8-9-10-11-12-13-14-15-16-17-18-19-20-21-22-23-29(7-2)31(32)33-30-27(4)24-26(3)25-28(30)5/h8-9,11-12,14-15,17-18,20-21,24-25,29H,6-7,10,13,16,19,22-23H2,1-5H3. The number of rotatable bonds is 15. The van der Waals surface area contributed by atoms with Crippen LogP contribution in [0.5, 0.6) is 5.75 Å². The molecule has 0 aromatic heterocycles. The van der Waals surface area contributed by atoms with Crippen LogP contribution in [-0.2, 0) is 4.79 Å². The number of hydrogen-bond donors (Lipinski definition) is 0. The number of benzene rings is 1. The van der Waals surface area contributed by atoms with Crippen LogP contribution in [-0.4, -0.2) is 5.97 Å². The topological polar surface area (TPSA) is 26.3 Å². The second kappa shape index (κ2) is 17.9. The molecule has 2 heteroatoms. The Hall–Kier alpha value is -2.61. The summed E-state index contributed by atoms with van der Waals surface area (Å²) in [6, 6.07) is 4.13. The minimum absolute atomic E-state index is 0.0628. The van der Waals surface area contributed by atoms with Crippen LogP contribution in [0.4, 0.5) is 0 Å². The van der Waals surface area contributed by atoms with E-state index in [1.807, 2.05) is 13.8 Å². The van der Waals surface area contributed by atoms with Gasteiger partial charge in [-0.15, -0.1) is 0 Å². The average molecular weight is 449 g/mol. The molecule has 1 aromatic rings. The summed E-state index contributed by atoms with van der Waals surface area (Å²) in [6.07, 6.45) is 29.6. The van der Waals surface area contributed by atoms with Crippen LogP contribution in [0.3, 0.4) is 0 Å². The Morgan fingerprint density at radius 3 is 1.67 bits per heavy atom. The molecule has 0 aliphatic rings. The molecule has 1 rings (SSSR count). The summed E-state index contributed by atoms with van der Waals surface area (Å²) in [7, 11) is 0. The Bertz CT molecular complexity index is 813. The fourth-order valence-electron chi connectivity index (χ4n) is 3.67. The largest absolute Gasteiger partial charge is 0.426 e. The molecule has 33 heavy (non-hydrogen) atoms. The van der Waals surface area contributed by atoms with E-state index in [0.29, 0.717) is 0 Å². The SMILES string of the molecule is CCC=CCC=CCC=CCC=CCC=CCCC(CC)C(=O)Oc1c(C)cc(C)cc1C. The number of carbonyl (C=O) groups is 1. The first kappa shape index (κ1) is 28.4. The zero-order chi connectivity index (χ0) is 24.3. The number of ether oxygens (including phenoxy) is 1. The maximum Gasteiger partial charge on any atom is 0.314 e. The van der Waals surface area contributed by atoms with E-state index in [9.17, 15) is 4.79 Å². The van der Waals surface area contributed by atoms with Gasteiger partial charge in [0.1, 0.15) is 5.75 Å². The van der Waals surface area contributed by atoms with E-state index >= 15 is 0 Å². The summed E-state index contributed by atoms with van der Waals surface area (Å²) in [5, 5.41) is 0. The predicted octanol–water partition coefficient (Wildman–Crippen LogP) is 9.08. The minimum Gasteiger partial charge on any atom is -0.426 e. The van der Waals surface area contributed by atoms with Crippen molar-refractivity contribution in [3.05, 3.63) is 89.6 Å². The van der Waals surface area contributed by atoms with Crippen LogP contribution in [0, 0.1) is 26.7 Å². The van der Waals surface area contributed by atoms with Crippen LogP contribution < -0.4 is 4.74 Å². The van der Waals surface area contributed by atoms with E-state index in [0.717, 1.165) is 68.2 Å². The molecule has 1 atom stereocenters. The third kappa shape index (κ3) is 12.9. The zero-order valence-electron chi connectivity index (χ0n) is 21.5. The Morgan fingerprint density at radius 2 is 1.21 bits per heavy atom. The zero-order valence-corrected chi connectivity index (χ0v) is 21.5. The smallest absolute Gasteiger partial charge is 0.314 e. The molecule has 0 amide bonds. The van der Waals surface area contributed by atoms with Gasteiger partial charge in [0, 0.05) is 0 Å². The highest BCUT2D eigenvalue weighted by Gasteiger charge is 2.19. The van der Waals surface area contributed by atoms with E-state index in [4.69, 9.17) is 4.74 Å². The van der Waals surface area contributed by atoms with Crippen molar-refractivity contribution in [2.75, 3.05) is 0 Å². The van der Waals surface area contributed by atoms with E-state index in [-0.39, 0.29) is 11.9 Å². The molecular formula is C31H44O2. The summed E-state index contributed by atoms with van der Waals surface area (Å²) in [6.45, 7) is 10.3. The lowest BCUT2D eigenvalue weighted by Crippen LogP contribution is -2.20. The third-order valence-electron chi connectivity index (χ3n) is 5.47. The molecule has 1 unspecified atom stereocenters. The molecule has 0 saturated heterocycles. The van der Waals surface area contributed by atoms with Gasteiger partial charge in [-0.2, -0.15) is 0 Å². The molecule has 0 radical (unpaired) electrons. The van der Waals surface area contributed by atoms with Crippen molar-refractivity contribution in [1.82, 2.24) is 0 Å². The van der Waals surface area contributed by atoms with Gasteiger partial charge in [0.15, 0.2) is 0 Å². The Morgan fingerprint density at radius 1 is 0.758 bits per heavy atom. The van der Waals surface area contributed by atoms with Gasteiger partial charge in [-0.1, -0.05) is 92.3 Å². The quantitative estimate of drug-likeness (QED) is 0.152. The molecule has 0 fully saturated rings. The maximum absolute atomic E-state index is 12.7. The van der Waals surface area contributed by atoms with E-state index in [1.165, 1.54) is 5.56 Å². The van der Waals surface area contributed by atoms with Gasteiger partial charge in [0.25, 0.3) is 0 Å². The van der Waals surface area contributed by atoms with Gasteiger partial charge >= 0.3 is 5.97 Å². The van der Waals surface area contributed by atoms with Gasteiger partial charge in [-0.25, -0.2) is 0 Å². The lowest BCUT2D eigenvalue weighted by atomic mass is 10.00. The molecule has 0 spiro atoms. The summed E-state index contributed by atoms with van der Waals surface area (Å²) >= 11 is 0. The first-order chi connectivity index (χ1) is 16.0. The lowest BCUT2D eigenvalue weighted by molar-refractivity contribution is -0.139. The van der Waals surface area contributed by atoms with Crippen molar-refractivity contribution in [3.63, 3.8) is 0 Å². The molecule has 180 valence electrons. The minimum atomic E-state index is -0.111. The summed E-state index contributed by atoms with van der Waals surface area (Å²) in [4.78, 5) is 12.7. The molecule has 0 aliphatic carbocycles. The second-order valence-electron chi connectivity index (χ2n) is 8.54. The molecule has 0 heterocycles. The van der Waals surface area contributed by atoms with Crippen LogP contribution in [0.15, 0.2) is 72.9 Å². The van der Waals surface area contributed by atoms with Crippen LogP contribution in [0.1, 0.15) is 81.9 Å². The average Bonchev–Trinajstić information content (AvgIpc) is 2.78. The van der Waals surface area contributed by atoms with Crippen LogP contribution in [0.25, 0.3) is 0 Å². The van der Waals surface area contributed by atoms with Crippen molar-refractivity contribution in [2.24, 2.45) is 5.92 Å².